The van der Waals surface area contributed by atoms with E-state index in [4.69, 9.17) is 5.10 Å². The summed E-state index contributed by atoms with van der Waals surface area (Å²) in [4.78, 5) is 7.20. The van der Waals surface area contributed by atoms with Crippen molar-refractivity contribution in [3.8, 4) is 11.4 Å². The van der Waals surface area contributed by atoms with Crippen LogP contribution in [0.5, 0.6) is 5.75 Å². The molecule has 0 spiro atoms. The molecule has 0 radical (unpaired) electrons. The average Bonchev–Trinajstić information content (AvgIpc) is 3.14. The first-order valence-corrected chi connectivity index (χ1v) is 11.8. The predicted molar refractivity (Wildman–Crippen MR) is 130 cm³/mol. The molecule has 1 N–H and O–H groups in total. The lowest BCUT2D eigenvalue weighted by Gasteiger charge is -2.36. The van der Waals surface area contributed by atoms with Crippen LogP contribution in [0.3, 0.4) is 0 Å². The Kier molecular flexibility index (Phi) is 7.30. The Hall–Kier alpha value is -2.90. The SMILES string of the molecule is CCN1CCN(c2c(CN(CC)Cc3cccc(O)c3)c(C)nn2-c2cccc(F)c2)CC1. The lowest BCUT2D eigenvalue weighted by atomic mass is 10.1. The minimum Gasteiger partial charge on any atom is -0.508 e. The van der Waals surface area contributed by atoms with Crippen LogP contribution in [0.25, 0.3) is 5.69 Å². The van der Waals surface area contributed by atoms with Gasteiger partial charge in [0, 0.05) is 44.8 Å². The molecule has 2 aromatic carbocycles. The average molecular weight is 452 g/mol. The number of phenols is 1. The largest absolute Gasteiger partial charge is 0.508 e. The Labute approximate surface area is 195 Å². The highest BCUT2D eigenvalue weighted by Crippen LogP contribution is 2.30. The van der Waals surface area contributed by atoms with E-state index >= 15 is 0 Å². The molecule has 0 saturated carbocycles. The van der Waals surface area contributed by atoms with Gasteiger partial charge in [0.15, 0.2) is 0 Å². The van der Waals surface area contributed by atoms with Crippen LogP contribution in [-0.4, -0.2) is 64.0 Å². The highest BCUT2D eigenvalue weighted by molar-refractivity contribution is 5.56. The maximum absolute atomic E-state index is 14.1. The van der Waals surface area contributed by atoms with Gasteiger partial charge < -0.3 is 14.9 Å². The first kappa shape index (κ1) is 23.3. The Morgan fingerprint density at radius 3 is 2.42 bits per heavy atom. The van der Waals surface area contributed by atoms with Gasteiger partial charge in [-0.1, -0.05) is 32.0 Å². The summed E-state index contributed by atoms with van der Waals surface area (Å²) in [7, 11) is 0. The number of aryl methyl sites for hydroxylation is 1. The lowest BCUT2D eigenvalue weighted by Crippen LogP contribution is -2.47. The van der Waals surface area contributed by atoms with Crippen molar-refractivity contribution in [2.24, 2.45) is 0 Å². The van der Waals surface area contributed by atoms with E-state index in [-0.39, 0.29) is 11.6 Å². The number of hydrogen-bond donors (Lipinski definition) is 1. The molecule has 0 atom stereocenters. The second kappa shape index (κ2) is 10.4. The molecule has 7 heteroatoms. The summed E-state index contributed by atoms with van der Waals surface area (Å²) >= 11 is 0. The molecule has 4 rings (SSSR count). The summed E-state index contributed by atoms with van der Waals surface area (Å²) in [5.74, 6) is 1.08. The van der Waals surface area contributed by atoms with Crippen molar-refractivity contribution in [2.45, 2.75) is 33.9 Å². The summed E-state index contributed by atoms with van der Waals surface area (Å²) in [6, 6.07) is 14.1. The van der Waals surface area contributed by atoms with Crippen molar-refractivity contribution in [3.05, 3.63) is 71.2 Å². The summed E-state index contributed by atoms with van der Waals surface area (Å²) < 4.78 is 16.0. The highest BCUT2D eigenvalue weighted by atomic mass is 19.1. The molecule has 176 valence electrons. The molecule has 1 saturated heterocycles. The third-order valence-corrected chi connectivity index (χ3v) is 6.47. The van der Waals surface area contributed by atoms with Crippen LogP contribution in [0.4, 0.5) is 10.2 Å². The molecule has 0 amide bonds. The fourth-order valence-corrected chi connectivity index (χ4v) is 4.54. The van der Waals surface area contributed by atoms with Gasteiger partial charge in [-0.15, -0.1) is 0 Å². The van der Waals surface area contributed by atoms with Gasteiger partial charge >= 0.3 is 0 Å². The molecular weight excluding hydrogens is 417 g/mol. The van der Waals surface area contributed by atoms with E-state index in [0.717, 1.165) is 75.1 Å². The molecule has 0 aliphatic carbocycles. The smallest absolute Gasteiger partial charge is 0.137 e. The second-order valence-electron chi connectivity index (χ2n) is 8.67. The number of piperazine rings is 1. The second-order valence-corrected chi connectivity index (χ2v) is 8.67. The summed E-state index contributed by atoms with van der Waals surface area (Å²) in [5, 5.41) is 14.7. The van der Waals surface area contributed by atoms with E-state index in [0.29, 0.717) is 0 Å². The van der Waals surface area contributed by atoms with Crippen LogP contribution >= 0.6 is 0 Å². The Balaban J connectivity index is 1.69. The third kappa shape index (κ3) is 5.37. The number of aromatic hydroxyl groups is 1. The van der Waals surface area contributed by atoms with Crippen LogP contribution < -0.4 is 4.90 Å². The molecule has 1 aliphatic heterocycles. The lowest BCUT2D eigenvalue weighted by molar-refractivity contribution is 0.264. The number of benzene rings is 2. The van der Waals surface area contributed by atoms with Crippen molar-refractivity contribution in [2.75, 3.05) is 44.2 Å². The zero-order chi connectivity index (χ0) is 23.4. The van der Waals surface area contributed by atoms with Crippen LogP contribution in [0, 0.1) is 12.7 Å². The van der Waals surface area contributed by atoms with Crippen LogP contribution in [0.2, 0.25) is 0 Å². The van der Waals surface area contributed by atoms with E-state index in [2.05, 4.69) is 28.5 Å². The number of hydrogen-bond acceptors (Lipinski definition) is 5. The highest BCUT2D eigenvalue weighted by Gasteiger charge is 2.26. The number of anilines is 1. The molecule has 0 unspecified atom stereocenters. The Bertz CT molecular complexity index is 1070. The Morgan fingerprint density at radius 2 is 1.76 bits per heavy atom. The van der Waals surface area contributed by atoms with E-state index in [9.17, 15) is 9.50 Å². The van der Waals surface area contributed by atoms with E-state index in [1.807, 2.05) is 35.9 Å². The molecule has 0 bridgehead atoms. The van der Waals surface area contributed by atoms with E-state index in [1.165, 1.54) is 11.6 Å². The number of nitrogens with zero attached hydrogens (tertiary/aromatic N) is 5. The quantitative estimate of drug-likeness (QED) is 0.557. The fourth-order valence-electron chi connectivity index (χ4n) is 4.54. The number of likely N-dealkylation sites (N-methyl/N-ethyl adjacent to an activating group) is 1. The molecule has 1 fully saturated rings. The normalized spacial score (nSPS) is 14.9. The standard InChI is InChI=1S/C26H34FN5O/c1-4-29-12-14-31(15-13-29)26-25(19-30(5-2)18-21-8-6-11-24(33)16-21)20(3)28-32(26)23-10-7-9-22(27)17-23/h6-11,16-17,33H,4-5,12-15,18-19H2,1-3H3. The number of aromatic nitrogens is 2. The van der Waals surface area contributed by atoms with Gasteiger partial charge in [0.25, 0.3) is 0 Å². The minimum atomic E-state index is -0.261. The van der Waals surface area contributed by atoms with Gasteiger partial charge in [0.05, 0.1) is 11.4 Å². The topological polar surface area (TPSA) is 47.8 Å². The van der Waals surface area contributed by atoms with Crippen molar-refractivity contribution < 1.29 is 9.50 Å². The van der Waals surface area contributed by atoms with Gasteiger partial charge in [-0.2, -0.15) is 5.10 Å². The minimum absolute atomic E-state index is 0.261. The fraction of sp³-hybridized carbons (Fsp3) is 0.423. The Morgan fingerprint density at radius 1 is 1.00 bits per heavy atom. The van der Waals surface area contributed by atoms with Crippen LogP contribution in [0.15, 0.2) is 48.5 Å². The van der Waals surface area contributed by atoms with Crippen molar-refractivity contribution in [1.82, 2.24) is 19.6 Å². The first-order chi connectivity index (χ1) is 16.0. The summed E-state index contributed by atoms with van der Waals surface area (Å²) in [5.41, 5.74) is 3.95. The maximum atomic E-state index is 14.1. The zero-order valence-corrected chi connectivity index (χ0v) is 19.8. The molecule has 33 heavy (non-hydrogen) atoms. The number of rotatable bonds is 8. The summed E-state index contributed by atoms with van der Waals surface area (Å²) in [6.45, 7) is 13.6. The van der Waals surface area contributed by atoms with Crippen LogP contribution in [0.1, 0.15) is 30.7 Å². The summed E-state index contributed by atoms with van der Waals surface area (Å²) in [6.07, 6.45) is 0. The maximum Gasteiger partial charge on any atom is 0.137 e. The van der Waals surface area contributed by atoms with Crippen molar-refractivity contribution >= 4 is 5.82 Å². The third-order valence-electron chi connectivity index (χ3n) is 6.47. The predicted octanol–water partition coefficient (Wildman–Crippen LogP) is 4.19. The van der Waals surface area contributed by atoms with Gasteiger partial charge in [-0.05, 0) is 55.9 Å². The molecule has 1 aromatic heterocycles. The number of halogens is 1. The monoisotopic (exact) mass is 451 g/mol. The van der Waals surface area contributed by atoms with E-state index in [1.54, 1.807) is 18.2 Å². The van der Waals surface area contributed by atoms with Crippen LogP contribution in [-0.2, 0) is 13.1 Å². The van der Waals surface area contributed by atoms with Crippen molar-refractivity contribution in [3.63, 3.8) is 0 Å². The first-order valence-electron chi connectivity index (χ1n) is 11.8. The molecule has 6 nitrogen and oxygen atoms in total. The van der Waals surface area contributed by atoms with Gasteiger partial charge in [-0.3, -0.25) is 4.90 Å². The molecule has 3 aromatic rings. The zero-order valence-electron chi connectivity index (χ0n) is 19.8. The van der Waals surface area contributed by atoms with Crippen molar-refractivity contribution in [1.29, 1.82) is 0 Å². The van der Waals surface area contributed by atoms with Gasteiger partial charge in [-0.25, -0.2) is 9.07 Å². The molecular formula is C26H34FN5O. The number of phenolic OH excluding ortho intramolecular Hbond substituents is 1. The van der Waals surface area contributed by atoms with Gasteiger partial charge in [0.1, 0.15) is 17.4 Å². The van der Waals surface area contributed by atoms with E-state index < -0.39 is 0 Å². The van der Waals surface area contributed by atoms with Gasteiger partial charge in [0.2, 0.25) is 0 Å². The molecule has 2 heterocycles. The molecule has 1 aliphatic rings.